The molecule has 0 saturated carbocycles. The Kier molecular flexibility index (Phi) is 2.20. The fourth-order valence-electron chi connectivity index (χ4n) is 2.85. The third-order valence-corrected chi connectivity index (χ3v) is 3.70. The van der Waals surface area contributed by atoms with Crippen LogP contribution in [-0.4, -0.2) is 12.3 Å². The van der Waals surface area contributed by atoms with Crippen molar-refractivity contribution in [2.75, 3.05) is 0 Å². The van der Waals surface area contributed by atoms with Crippen LogP contribution in [0, 0.1) is 5.92 Å². The number of rotatable bonds is 1. The van der Waals surface area contributed by atoms with Crippen molar-refractivity contribution in [3.8, 4) is 0 Å². The lowest BCUT2D eigenvalue weighted by Crippen LogP contribution is -2.24. The van der Waals surface area contributed by atoms with Gasteiger partial charge in [0.15, 0.2) is 0 Å². The Hall–Kier alpha value is -1.38. The molecule has 0 bridgehead atoms. The molecule has 0 amide bonds. The highest BCUT2D eigenvalue weighted by Gasteiger charge is 2.34. The van der Waals surface area contributed by atoms with E-state index in [1.807, 2.05) is 0 Å². The van der Waals surface area contributed by atoms with E-state index in [2.05, 4.69) is 5.32 Å². The van der Waals surface area contributed by atoms with Gasteiger partial charge >= 0.3 is 0 Å². The second-order valence-electron chi connectivity index (χ2n) is 4.72. The molecule has 0 radical (unpaired) electrons. The van der Waals surface area contributed by atoms with Gasteiger partial charge in [0.1, 0.15) is 12.1 Å². The van der Waals surface area contributed by atoms with Crippen molar-refractivity contribution in [2.45, 2.75) is 31.7 Å². The van der Waals surface area contributed by atoms with Crippen LogP contribution in [0.15, 0.2) is 34.8 Å². The van der Waals surface area contributed by atoms with Gasteiger partial charge in [-0.3, -0.25) is 0 Å². The molecule has 1 N–H and O–H groups in total. The zero-order valence-electron chi connectivity index (χ0n) is 9.00. The van der Waals surface area contributed by atoms with Crippen molar-refractivity contribution < 1.29 is 9.18 Å². The first-order valence-corrected chi connectivity index (χ1v) is 5.79. The second kappa shape index (κ2) is 3.58. The minimum atomic E-state index is -0.143. The summed E-state index contributed by atoms with van der Waals surface area (Å²) in [6.45, 7) is 0. The second-order valence-corrected chi connectivity index (χ2v) is 4.72. The van der Waals surface area contributed by atoms with Gasteiger partial charge in [0.2, 0.25) is 0 Å². The number of aldehydes is 1. The molecule has 1 aliphatic heterocycles. The summed E-state index contributed by atoms with van der Waals surface area (Å²) >= 11 is 0. The lowest BCUT2D eigenvalue weighted by atomic mass is 9.84. The molecule has 0 aromatic rings. The van der Waals surface area contributed by atoms with Crippen molar-refractivity contribution >= 4 is 6.29 Å². The monoisotopic (exact) mass is 219 g/mol. The summed E-state index contributed by atoms with van der Waals surface area (Å²) in [5, 5.41) is 3.44. The quantitative estimate of drug-likeness (QED) is 0.686. The Labute approximate surface area is 93.9 Å². The van der Waals surface area contributed by atoms with Gasteiger partial charge in [-0.15, -0.1) is 0 Å². The SMILES string of the molecule is O=C[C@@H]1CCC2=C(C1)C1=CC(F)=CC[C@@H]1N2. The van der Waals surface area contributed by atoms with Gasteiger partial charge in [0.25, 0.3) is 0 Å². The van der Waals surface area contributed by atoms with E-state index in [1.165, 1.54) is 11.3 Å². The summed E-state index contributed by atoms with van der Waals surface area (Å²) in [6.07, 6.45) is 7.62. The smallest absolute Gasteiger partial charge is 0.123 e. The Bertz CT molecular complexity index is 433. The maximum Gasteiger partial charge on any atom is 0.123 e. The number of halogens is 1. The average Bonchev–Trinajstić information content (AvgIpc) is 2.66. The molecule has 0 fully saturated rings. The minimum absolute atomic E-state index is 0.120. The molecule has 0 spiro atoms. The number of hydrogen-bond acceptors (Lipinski definition) is 2. The molecule has 0 saturated heterocycles. The Morgan fingerprint density at radius 3 is 3.19 bits per heavy atom. The van der Waals surface area contributed by atoms with Crippen LogP contribution in [-0.2, 0) is 4.79 Å². The molecule has 2 atom stereocenters. The predicted octanol–water partition coefficient (Wildman–Crippen LogP) is 2.39. The largest absolute Gasteiger partial charge is 0.381 e. The van der Waals surface area contributed by atoms with Crippen LogP contribution < -0.4 is 5.32 Å². The van der Waals surface area contributed by atoms with E-state index in [1.54, 1.807) is 12.2 Å². The summed E-state index contributed by atoms with van der Waals surface area (Å²) in [7, 11) is 0. The predicted molar refractivity (Wildman–Crippen MR) is 59.2 cm³/mol. The molecule has 1 heterocycles. The van der Waals surface area contributed by atoms with E-state index in [-0.39, 0.29) is 17.8 Å². The maximum absolute atomic E-state index is 13.2. The van der Waals surface area contributed by atoms with Crippen molar-refractivity contribution in [2.24, 2.45) is 5.92 Å². The van der Waals surface area contributed by atoms with Gasteiger partial charge in [0, 0.05) is 11.6 Å². The lowest BCUT2D eigenvalue weighted by Gasteiger charge is -2.19. The number of fused-ring (bicyclic) bond motifs is 2. The Balaban J connectivity index is 1.94. The van der Waals surface area contributed by atoms with Gasteiger partial charge in [-0.05, 0) is 49.0 Å². The molecule has 3 aliphatic rings. The number of allylic oxidation sites excluding steroid dienone is 3. The number of carbonyl (C=O) groups is 1. The minimum Gasteiger partial charge on any atom is -0.381 e. The topological polar surface area (TPSA) is 29.1 Å². The van der Waals surface area contributed by atoms with E-state index < -0.39 is 0 Å². The fourth-order valence-corrected chi connectivity index (χ4v) is 2.85. The van der Waals surface area contributed by atoms with Crippen LogP contribution in [0.4, 0.5) is 4.39 Å². The van der Waals surface area contributed by atoms with Crippen LogP contribution in [0.25, 0.3) is 0 Å². The van der Waals surface area contributed by atoms with Gasteiger partial charge in [0.05, 0.1) is 6.04 Å². The molecule has 16 heavy (non-hydrogen) atoms. The molecule has 0 aromatic carbocycles. The molecule has 0 aromatic heterocycles. The summed E-state index contributed by atoms with van der Waals surface area (Å²) in [6, 6.07) is 0.245. The van der Waals surface area contributed by atoms with Gasteiger partial charge in [-0.25, -0.2) is 4.39 Å². The maximum atomic E-state index is 13.2. The van der Waals surface area contributed by atoms with Crippen molar-refractivity contribution in [3.05, 3.63) is 34.8 Å². The first-order valence-electron chi connectivity index (χ1n) is 5.79. The lowest BCUT2D eigenvalue weighted by molar-refractivity contribution is -0.111. The van der Waals surface area contributed by atoms with Crippen LogP contribution in [0.1, 0.15) is 25.7 Å². The van der Waals surface area contributed by atoms with Gasteiger partial charge < -0.3 is 10.1 Å². The van der Waals surface area contributed by atoms with Crippen LogP contribution in [0.3, 0.4) is 0 Å². The van der Waals surface area contributed by atoms with E-state index in [0.29, 0.717) is 0 Å². The van der Waals surface area contributed by atoms with E-state index >= 15 is 0 Å². The van der Waals surface area contributed by atoms with Crippen LogP contribution in [0.5, 0.6) is 0 Å². The molecule has 2 aliphatic carbocycles. The number of carbonyl (C=O) groups excluding carboxylic acids is 1. The van der Waals surface area contributed by atoms with Crippen molar-refractivity contribution in [1.29, 1.82) is 0 Å². The Morgan fingerprint density at radius 1 is 1.50 bits per heavy atom. The zero-order valence-corrected chi connectivity index (χ0v) is 9.00. The normalized spacial score (nSPS) is 32.3. The van der Waals surface area contributed by atoms with E-state index in [0.717, 1.165) is 37.5 Å². The highest BCUT2D eigenvalue weighted by Crippen LogP contribution is 2.40. The standard InChI is InChI=1S/C13H14FNO/c14-9-2-4-13-11(6-9)10-5-8(7-16)1-3-12(10)15-13/h2,6-8,13,15H,1,3-5H2/t8-,13+/m1/s1. The van der Waals surface area contributed by atoms with Crippen molar-refractivity contribution in [3.63, 3.8) is 0 Å². The van der Waals surface area contributed by atoms with Gasteiger partial charge in [-0.1, -0.05) is 0 Å². The van der Waals surface area contributed by atoms with Crippen LogP contribution >= 0.6 is 0 Å². The molecule has 2 nitrogen and oxygen atoms in total. The fraction of sp³-hybridized carbons (Fsp3) is 0.462. The third kappa shape index (κ3) is 1.42. The molecule has 84 valence electrons. The molecule has 0 unspecified atom stereocenters. The zero-order chi connectivity index (χ0) is 11.1. The summed E-state index contributed by atoms with van der Waals surface area (Å²) in [4.78, 5) is 10.8. The van der Waals surface area contributed by atoms with Crippen molar-refractivity contribution in [1.82, 2.24) is 5.32 Å². The Morgan fingerprint density at radius 2 is 2.38 bits per heavy atom. The first-order chi connectivity index (χ1) is 7.78. The summed E-state index contributed by atoms with van der Waals surface area (Å²) < 4.78 is 13.2. The molecular weight excluding hydrogens is 205 g/mol. The first kappa shape index (κ1) is 9.82. The van der Waals surface area contributed by atoms with E-state index in [4.69, 9.17) is 0 Å². The average molecular weight is 219 g/mol. The van der Waals surface area contributed by atoms with E-state index in [9.17, 15) is 9.18 Å². The van der Waals surface area contributed by atoms with Gasteiger partial charge in [-0.2, -0.15) is 0 Å². The third-order valence-electron chi connectivity index (χ3n) is 3.70. The molecule has 3 rings (SSSR count). The molecule has 3 heteroatoms. The van der Waals surface area contributed by atoms with Crippen LogP contribution in [0.2, 0.25) is 0 Å². The highest BCUT2D eigenvalue weighted by molar-refractivity contribution is 5.59. The molecular formula is C13H14FNO. The summed E-state index contributed by atoms with van der Waals surface area (Å²) in [5.41, 5.74) is 3.50. The highest BCUT2D eigenvalue weighted by atomic mass is 19.1. The number of nitrogens with one attached hydrogen (secondary N) is 1. The number of hydrogen-bond donors (Lipinski definition) is 1. The summed E-state index contributed by atoms with van der Waals surface area (Å²) in [5.74, 6) is -0.0239.